The maximum Gasteiger partial charge on any atom is 0.269 e. The number of nitro groups is 1. The van der Waals surface area contributed by atoms with Crippen LogP contribution < -0.4 is 5.32 Å². The van der Waals surface area contributed by atoms with Gasteiger partial charge < -0.3 is 5.32 Å². The number of thioether (sulfide) groups is 1. The second-order valence-corrected chi connectivity index (χ2v) is 5.93. The molecule has 0 aliphatic rings. The van der Waals surface area contributed by atoms with Gasteiger partial charge in [0.2, 0.25) is 5.91 Å². The molecule has 23 heavy (non-hydrogen) atoms. The van der Waals surface area contributed by atoms with E-state index in [1.165, 1.54) is 36.4 Å². The zero-order valence-corrected chi connectivity index (χ0v) is 13.0. The van der Waals surface area contributed by atoms with E-state index < -0.39 is 4.92 Å². The predicted molar refractivity (Wildman–Crippen MR) is 88.1 cm³/mol. The third kappa shape index (κ3) is 5.71. The van der Waals surface area contributed by atoms with Crippen molar-refractivity contribution in [1.29, 1.82) is 0 Å². The summed E-state index contributed by atoms with van der Waals surface area (Å²) >= 11 is 1.56. The van der Waals surface area contributed by atoms with Crippen LogP contribution in [0.3, 0.4) is 0 Å². The summed E-state index contributed by atoms with van der Waals surface area (Å²) in [4.78, 5) is 22.8. The molecule has 2 aromatic carbocycles. The van der Waals surface area contributed by atoms with Crippen LogP contribution in [0.5, 0.6) is 0 Å². The van der Waals surface area contributed by atoms with Gasteiger partial charge in [-0.15, -0.1) is 11.8 Å². The molecule has 120 valence electrons. The fraction of sp³-hybridized carbons (Fsp3) is 0.188. The maximum absolute atomic E-state index is 12.8. The zero-order chi connectivity index (χ0) is 16.7. The van der Waals surface area contributed by atoms with Gasteiger partial charge in [0.15, 0.2) is 0 Å². The van der Waals surface area contributed by atoms with Gasteiger partial charge in [-0.25, -0.2) is 4.39 Å². The SMILES string of the molecule is O=C(CCCSc1ccc(F)cc1)Nc1ccc([N+](=O)[O-])cc1. The molecule has 0 unspecified atom stereocenters. The number of nitrogens with one attached hydrogen (secondary N) is 1. The summed E-state index contributed by atoms with van der Waals surface area (Å²) in [7, 11) is 0. The molecule has 0 aliphatic heterocycles. The molecule has 2 aromatic rings. The number of halogens is 1. The Bertz CT molecular complexity index is 675. The van der Waals surface area contributed by atoms with Crippen molar-refractivity contribution in [2.75, 3.05) is 11.1 Å². The highest BCUT2D eigenvalue weighted by molar-refractivity contribution is 7.99. The van der Waals surface area contributed by atoms with Crippen LogP contribution in [0.15, 0.2) is 53.4 Å². The first-order chi connectivity index (χ1) is 11.0. The fourth-order valence-corrected chi connectivity index (χ4v) is 2.70. The number of hydrogen-bond donors (Lipinski definition) is 1. The molecule has 1 N–H and O–H groups in total. The zero-order valence-electron chi connectivity index (χ0n) is 12.2. The summed E-state index contributed by atoms with van der Waals surface area (Å²) in [5, 5.41) is 13.2. The molecule has 0 saturated heterocycles. The quantitative estimate of drug-likeness (QED) is 0.356. The first-order valence-corrected chi connectivity index (χ1v) is 7.96. The van der Waals surface area contributed by atoms with Crippen molar-refractivity contribution in [1.82, 2.24) is 0 Å². The molecule has 0 heterocycles. The Balaban J connectivity index is 1.70. The molecule has 1 amide bonds. The third-order valence-electron chi connectivity index (χ3n) is 2.99. The van der Waals surface area contributed by atoms with Crippen molar-refractivity contribution in [2.45, 2.75) is 17.7 Å². The topological polar surface area (TPSA) is 72.2 Å². The normalized spacial score (nSPS) is 10.3. The summed E-state index contributed by atoms with van der Waals surface area (Å²) in [5.74, 6) is 0.342. The molecule has 7 heteroatoms. The van der Waals surface area contributed by atoms with Crippen LogP contribution >= 0.6 is 11.8 Å². The number of carbonyl (C=O) groups is 1. The third-order valence-corrected chi connectivity index (χ3v) is 4.09. The van der Waals surface area contributed by atoms with Crippen molar-refractivity contribution in [2.24, 2.45) is 0 Å². The number of rotatable bonds is 7. The van der Waals surface area contributed by atoms with Gasteiger partial charge in [0.05, 0.1) is 4.92 Å². The van der Waals surface area contributed by atoms with E-state index in [0.717, 1.165) is 10.6 Å². The van der Waals surface area contributed by atoms with Crippen LogP contribution in [0.4, 0.5) is 15.8 Å². The Labute approximate surface area is 137 Å². The lowest BCUT2D eigenvalue weighted by Gasteiger charge is -2.05. The van der Waals surface area contributed by atoms with Crippen LogP contribution in [0.2, 0.25) is 0 Å². The Morgan fingerprint density at radius 1 is 1.13 bits per heavy atom. The van der Waals surface area contributed by atoms with Gasteiger partial charge in [-0.1, -0.05) is 0 Å². The van der Waals surface area contributed by atoms with E-state index >= 15 is 0 Å². The molecule has 0 saturated carbocycles. The molecular weight excluding hydrogens is 319 g/mol. The second-order valence-electron chi connectivity index (χ2n) is 4.76. The highest BCUT2D eigenvalue weighted by atomic mass is 32.2. The maximum atomic E-state index is 12.8. The van der Waals surface area contributed by atoms with Crippen LogP contribution in [-0.2, 0) is 4.79 Å². The van der Waals surface area contributed by atoms with Crippen molar-refractivity contribution in [3.05, 3.63) is 64.5 Å². The second kappa shape index (κ2) is 8.28. The van der Waals surface area contributed by atoms with Crippen molar-refractivity contribution < 1.29 is 14.1 Å². The van der Waals surface area contributed by atoms with Crippen LogP contribution in [0.1, 0.15) is 12.8 Å². The standard InChI is InChI=1S/C16H15FN2O3S/c17-12-3-9-15(10-4-12)23-11-1-2-16(20)18-13-5-7-14(8-6-13)19(21)22/h3-10H,1-2,11H2,(H,18,20). The minimum atomic E-state index is -0.488. The summed E-state index contributed by atoms with van der Waals surface area (Å²) in [6.07, 6.45) is 1.03. The number of nitrogens with zero attached hydrogens (tertiary/aromatic N) is 1. The molecule has 5 nitrogen and oxygen atoms in total. The number of nitro benzene ring substituents is 1. The fourth-order valence-electron chi connectivity index (χ4n) is 1.84. The van der Waals surface area contributed by atoms with Gasteiger partial charge in [-0.05, 0) is 48.6 Å². The van der Waals surface area contributed by atoms with Gasteiger partial charge in [0.1, 0.15) is 5.82 Å². The van der Waals surface area contributed by atoms with E-state index in [4.69, 9.17) is 0 Å². The lowest BCUT2D eigenvalue weighted by molar-refractivity contribution is -0.384. The summed E-state index contributed by atoms with van der Waals surface area (Å²) in [6, 6.07) is 11.9. The van der Waals surface area contributed by atoms with E-state index in [0.29, 0.717) is 18.5 Å². The molecule has 0 fully saturated rings. The number of amides is 1. The van der Waals surface area contributed by atoms with Crippen molar-refractivity contribution in [3.8, 4) is 0 Å². The summed E-state index contributed by atoms with van der Waals surface area (Å²) in [6.45, 7) is 0. The molecule has 0 aromatic heterocycles. The Morgan fingerprint density at radius 3 is 2.39 bits per heavy atom. The first-order valence-electron chi connectivity index (χ1n) is 6.97. The molecule has 2 rings (SSSR count). The average Bonchev–Trinajstić information content (AvgIpc) is 2.54. The molecule has 0 radical (unpaired) electrons. The van der Waals surface area contributed by atoms with E-state index in [1.54, 1.807) is 23.9 Å². The Kier molecular flexibility index (Phi) is 6.10. The van der Waals surface area contributed by atoms with Crippen molar-refractivity contribution in [3.63, 3.8) is 0 Å². The van der Waals surface area contributed by atoms with Gasteiger partial charge in [-0.3, -0.25) is 14.9 Å². The van der Waals surface area contributed by atoms with Crippen LogP contribution in [-0.4, -0.2) is 16.6 Å². The molecular formula is C16H15FN2O3S. The van der Waals surface area contributed by atoms with Crippen molar-refractivity contribution >= 4 is 29.0 Å². The lowest BCUT2D eigenvalue weighted by atomic mass is 10.2. The summed E-state index contributed by atoms with van der Waals surface area (Å²) in [5.41, 5.74) is 0.519. The predicted octanol–water partition coefficient (Wildman–Crippen LogP) is 4.24. The van der Waals surface area contributed by atoms with Gasteiger partial charge in [-0.2, -0.15) is 0 Å². The van der Waals surface area contributed by atoms with E-state index in [9.17, 15) is 19.3 Å². The molecule has 0 bridgehead atoms. The number of carbonyl (C=O) groups excluding carboxylic acids is 1. The Hall–Kier alpha value is -2.41. The van der Waals surface area contributed by atoms with Gasteiger partial charge in [0, 0.05) is 29.1 Å². The number of benzene rings is 2. The van der Waals surface area contributed by atoms with E-state index in [2.05, 4.69) is 5.32 Å². The highest BCUT2D eigenvalue weighted by Crippen LogP contribution is 2.20. The van der Waals surface area contributed by atoms with Gasteiger partial charge >= 0.3 is 0 Å². The first kappa shape index (κ1) is 17.0. The number of non-ortho nitro benzene ring substituents is 1. The lowest BCUT2D eigenvalue weighted by Crippen LogP contribution is -2.11. The molecule has 0 aliphatic carbocycles. The number of anilines is 1. The Morgan fingerprint density at radius 2 is 1.78 bits per heavy atom. The van der Waals surface area contributed by atoms with Crippen LogP contribution in [0.25, 0.3) is 0 Å². The smallest absolute Gasteiger partial charge is 0.269 e. The highest BCUT2D eigenvalue weighted by Gasteiger charge is 2.06. The largest absolute Gasteiger partial charge is 0.326 e. The monoisotopic (exact) mass is 334 g/mol. The minimum Gasteiger partial charge on any atom is -0.326 e. The van der Waals surface area contributed by atoms with E-state index in [1.807, 2.05) is 0 Å². The average molecular weight is 334 g/mol. The summed E-state index contributed by atoms with van der Waals surface area (Å²) < 4.78 is 12.8. The number of hydrogen-bond acceptors (Lipinski definition) is 4. The van der Waals surface area contributed by atoms with E-state index in [-0.39, 0.29) is 17.4 Å². The van der Waals surface area contributed by atoms with Crippen LogP contribution in [0, 0.1) is 15.9 Å². The minimum absolute atomic E-state index is 0.0151. The molecule has 0 spiro atoms. The molecule has 0 atom stereocenters. The van der Waals surface area contributed by atoms with Gasteiger partial charge in [0.25, 0.3) is 5.69 Å².